The average molecular weight is 649 g/mol. The number of anilines is 2. The van der Waals surface area contributed by atoms with Crippen molar-refractivity contribution in [3.63, 3.8) is 0 Å². The Morgan fingerprint density at radius 1 is 0.673 bits per heavy atom. The summed E-state index contributed by atoms with van der Waals surface area (Å²) in [6.07, 6.45) is 0.800. The van der Waals surface area contributed by atoms with Crippen molar-refractivity contribution < 1.29 is 24.2 Å². The van der Waals surface area contributed by atoms with Gasteiger partial charge in [-0.05, 0) is 71.3 Å². The molecule has 0 aliphatic heterocycles. The number of ketones is 1. The number of nitrogens with zero attached hydrogens (tertiary/aromatic N) is 1. The molecule has 0 saturated heterocycles. The summed E-state index contributed by atoms with van der Waals surface area (Å²) in [4.78, 5) is 40.9. The predicted octanol–water partition coefficient (Wildman–Crippen LogP) is 8.29. The van der Waals surface area contributed by atoms with Gasteiger partial charge in [-0.25, -0.2) is 4.79 Å². The molecule has 7 heteroatoms. The zero-order chi connectivity index (χ0) is 34.0. The Hall–Kier alpha value is -6.21. The Morgan fingerprint density at radius 2 is 1.33 bits per heavy atom. The summed E-state index contributed by atoms with van der Waals surface area (Å²) >= 11 is 0. The van der Waals surface area contributed by atoms with E-state index in [1.807, 2.05) is 103 Å². The molecule has 0 heterocycles. The van der Waals surface area contributed by atoms with Gasteiger partial charge in [-0.2, -0.15) is 0 Å². The van der Waals surface area contributed by atoms with E-state index in [2.05, 4.69) is 5.32 Å². The van der Waals surface area contributed by atoms with E-state index >= 15 is 0 Å². The van der Waals surface area contributed by atoms with Gasteiger partial charge in [0.2, 0.25) is 0 Å². The van der Waals surface area contributed by atoms with Crippen LogP contribution in [0.3, 0.4) is 0 Å². The van der Waals surface area contributed by atoms with Crippen LogP contribution < -0.4 is 15.0 Å². The molecular weight excluding hydrogens is 612 g/mol. The number of hydrogen-bond donors (Lipinski definition) is 2. The zero-order valence-corrected chi connectivity index (χ0v) is 26.9. The molecule has 0 aliphatic carbocycles. The van der Waals surface area contributed by atoms with Gasteiger partial charge in [-0.3, -0.25) is 9.59 Å². The summed E-state index contributed by atoms with van der Waals surface area (Å²) in [6, 6.07) is 45.6. The number of rotatable bonds is 14. The average Bonchev–Trinajstić information content (AvgIpc) is 3.15. The fourth-order valence-electron chi connectivity index (χ4n) is 5.74. The topological polar surface area (TPSA) is 95.9 Å². The third-order valence-corrected chi connectivity index (χ3v) is 8.30. The van der Waals surface area contributed by atoms with Crippen molar-refractivity contribution in [3.8, 4) is 5.75 Å². The van der Waals surface area contributed by atoms with Crippen LogP contribution in [0, 0.1) is 0 Å². The Labute approximate surface area is 285 Å². The van der Waals surface area contributed by atoms with Gasteiger partial charge in [0.05, 0.1) is 6.61 Å². The normalized spacial score (nSPS) is 11.4. The first-order valence-electron chi connectivity index (χ1n) is 16.2. The van der Waals surface area contributed by atoms with Gasteiger partial charge < -0.3 is 20.1 Å². The molecule has 0 fully saturated rings. The van der Waals surface area contributed by atoms with Crippen molar-refractivity contribution >= 4 is 39.8 Å². The lowest BCUT2D eigenvalue weighted by atomic mass is 10.00. The molecule has 1 unspecified atom stereocenters. The molecule has 0 aliphatic rings. The molecule has 6 rings (SSSR count). The summed E-state index contributed by atoms with van der Waals surface area (Å²) in [5, 5.41) is 15.2. The van der Waals surface area contributed by atoms with Crippen LogP contribution in [0.15, 0.2) is 152 Å². The maximum atomic E-state index is 13.7. The molecule has 6 aromatic carbocycles. The highest BCUT2D eigenvalue weighted by molar-refractivity contribution is 6.12. The van der Waals surface area contributed by atoms with Crippen molar-refractivity contribution in [2.24, 2.45) is 0 Å². The van der Waals surface area contributed by atoms with Crippen LogP contribution in [0.4, 0.5) is 11.4 Å². The van der Waals surface area contributed by atoms with Gasteiger partial charge >= 0.3 is 5.97 Å². The first kappa shape index (κ1) is 32.7. The first-order valence-corrected chi connectivity index (χ1v) is 16.2. The number of fused-ring (bicyclic) bond motifs is 1. The molecule has 6 aromatic rings. The van der Waals surface area contributed by atoms with Crippen LogP contribution in [-0.4, -0.2) is 42.0 Å². The fraction of sp³-hybridized carbons (Fsp3) is 0.119. The predicted molar refractivity (Wildman–Crippen MR) is 194 cm³/mol. The molecule has 2 N–H and O–H groups in total. The minimum atomic E-state index is -1.02. The number of carboxylic acids is 1. The zero-order valence-electron chi connectivity index (χ0n) is 26.9. The van der Waals surface area contributed by atoms with Crippen molar-refractivity contribution in [1.29, 1.82) is 0 Å². The third kappa shape index (κ3) is 8.21. The van der Waals surface area contributed by atoms with E-state index in [-0.39, 0.29) is 18.1 Å². The van der Waals surface area contributed by atoms with Crippen molar-refractivity contribution in [2.75, 3.05) is 23.4 Å². The number of ether oxygens (including phenoxy) is 1. The Bertz CT molecular complexity index is 2050. The smallest absolute Gasteiger partial charge is 0.326 e. The second kappa shape index (κ2) is 15.6. The quantitative estimate of drug-likeness (QED) is 0.0912. The van der Waals surface area contributed by atoms with E-state index in [9.17, 15) is 19.5 Å². The lowest BCUT2D eigenvalue weighted by Gasteiger charge is -2.23. The number of aliphatic carboxylic acids is 1. The molecule has 0 radical (unpaired) electrons. The van der Waals surface area contributed by atoms with Crippen molar-refractivity contribution in [3.05, 3.63) is 174 Å². The molecule has 244 valence electrons. The Balaban J connectivity index is 1.06. The van der Waals surface area contributed by atoms with E-state index in [0.717, 1.165) is 22.0 Å². The monoisotopic (exact) mass is 648 g/mol. The lowest BCUT2D eigenvalue weighted by molar-refractivity contribution is -0.137. The number of nitrogens with one attached hydrogen (secondary N) is 1. The second-order valence-electron chi connectivity index (χ2n) is 11.7. The van der Waals surface area contributed by atoms with Crippen molar-refractivity contribution in [1.82, 2.24) is 0 Å². The van der Waals surface area contributed by atoms with Gasteiger partial charge in [0.1, 0.15) is 11.8 Å². The van der Waals surface area contributed by atoms with E-state index < -0.39 is 12.0 Å². The maximum Gasteiger partial charge on any atom is 0.326 e. The summed E-state index contributed by atoms with van der Waals surface area (Å²) in [6.45, 7) is 0.854. The number of amides is 1. The molecule has 0 aromatic heterocycles. The summed E-state index contributed by atoms with van der Waals surface area (Å²) < 4.78 is 6.02. The van der Waals surface area contributed by atoms with Crippen LogP contribution in [0.5, 0.6) is 5.75 Å². The summed E-state index contributed by atoms with van der Waals surface area (Å²) in [5.74, 6) is -0.632. The molecule has 7 nitrogen and oxygen atoms in total. The molecule has 0 saturated carbocycles. The fourth-order valence-corrected chi connectivity index (χ4v) is 5.74. The minimum Gasteiger partial charge on any atom is -0.494 e. The standard InChI is InChI=1S/C42H36N2O5/c45-40(32-13-3-1-4-14-32)37-18-9-10-19-38(37)43-39(42(47)48)28-30-20-24-36(25-21-30)49-27-11-26-44(35-16-5-2-6-17-35)41(46)34-23-22-31-12-7-8-15-33(31)29-34/h1-10,12-25,29,39,43H,11,26-28H2,(H,47,48). The SMILES string of the molecule is O=C(c1ccccc1)c1ccccc1NC(Cc1ccc(OCCCN(C(=O)c2ccc3ccccc3c2)c2ccccc2)cc1)C(=O)O. The number of carboxylic acid groups (broad SMARTS) is 1. The second-order valence-corrected chi connectivity index (χ2v) is 11.7. The summed E-state index contributed by atoms with van der Waals surface area (Å²) in [5.41, 5.74) is 3.65. The highest BCUT2D eigenvalue weighted by atomic mass is 16.5. The van der Waals surface area contributed by atoms with E-state index in [1.165, 1.54) is 0 Å². The highest BCUT2D eigenvalue weighted by Crippen LogP contribution is 2.23. The van der Waals surface area contributed by atoms with Gasteiger partial charge in [0.15, 0.2) is 5.78 Å². The molecule has 1 atom stereocenters. The Morgan fingerprint density at radius 3 is 2.06 bits per heavy atom. The van der Waals surface area contributed by atoms with Crippen LogP contribution in [0.1, 0.15) is 38.3 Å². The molecule has 0 spiro atoms. The molecule has 0 bridgehead atoms. The maximum absolute atomic E-state index is 13.7. The van der Waals surface area contributed by atoms with Gasteiger partial charge in [-0.1, -0.05) is 103 Å². The third-order valence-electron chi connectivity index (χ3n) is 8.30. The van der Waals surface area contributed by atoms with Crippen molar-refractivity contribution in [2.45, 2.75) is 18.9 Å². The lowest BCUT2D eigenvalue weighted by Crippen LogP contribution is -2.32. The Kier molecular flexibility index (Phi) is 10.4. The van der Waals surface area contributed by atoms with E-state index in [0.29, 0.717) is 47.7 Å². The van der Waals surface area contributed by atoms with Crippen LogP contribution >= 0.6 is 0 Å². The highest BCUT2D eigenvalue weighted by Gasteiger charge is 2.22. The van der Waals surface area contributed by atoms with Gasteiger partial charge in [0.25, 0.3) is 5.91 Å². The first-order chi connectivity index (χ1) is 24.0. The minimum absolute atomic E-state index is 0.0741. The largest absolute Gasteiger partial charge is 0.494 e. The van der Waals surface area contributed by atoms with Gasteiger partial charge in [0, 0.05) is 41.0 Å². The number of benzene rings is 6. The number of carbonyl (C=O) groups is 3. The van der Waals surface area contributed by atoms with Crippen LogP contribution in [-0.2, 0) is 11.2 Å². The van der Waals surface area contributed by atoms with Crippen LogP contribution in [0.25, 0.3) is 10.8 Å². The number of para-hydroxylation sites is 2. The van der Waals surface area contributed by atoms with Gasteiger partial charge in [-0.15, -0.1) is 0 Å². The number of carbonyl (C=O) groups excluding carboxylic acids is 2. The molecular formula is C42H36N2O5. The molecule has 1 amide bonds. The molecule has 49 heavy (non-hydrogen) atoms. The van der Waals surface area contributed by atoms with Crippen LogP contribution in [0.2, 0.25) is 0 Å². The van der Waals surface area contributed by atoms with E-state index in [4.69, 9.17) is 4.74 Å². The summed E-state index contributed by atoms with van der Waals surface area (Å²) in [7, 11) is 0. The number of hydrogen-bond acceptors (Lipinski definition) is 5. The van der Waals surface area contributed by atoms with E-state index in [1.54, 1.807) is 53.4 Å².